The van der Waals surface area contributed by atoms with E-state index in [4.69, 9.17) is 37.0 Å². The predicted octanol–water partition coefficient (Wildman–Crippen LogP) is 21.6. The van der Waals surface area contributed by atoms with Crippen LogP contribution in [-0.2, 0) is 65.4 Å². The third-order valence-corrected chi connectivity index (χ3v) is 19.5. The zero-order valence-corrected chi connectivity index (χ0v) is 62.3. The fourth-order valence-corrected chi connectivity index (χ4v) is 12.8. The average molecular weight is 1370 g/mol. The van der Waals surface area contributed by atoms with Gasteiger partial charge in [-0.15, -0.1) is 0 Å². The van der Waals surface area contributed by atoms with Crippen LogP contribution in [0.1, 0.15) is 382 Å². The van der Waals surface area contributed by atoms with Gasteiger partial charge in [0, 0.05) is 25.7 Å². The molecule has 0 saturated heterocycles. The third kappa shape index (κ3) is 67.0. The van der Waals surface area contributed by atoms with Crippen molar-refractivity contribution in [3.05, 3.63) is 0 Å². The van der Waals surface area contributed by atoms with Crippen molar-refractivity contribution in [2.45, 2.75) is 400 Å². The molecule has 93 heavy (non-hydrogen) atoms. The van der Waals surface area contributed by atoms with E-state index in [-0.39, 0.29) is 25.7 Å². The van der Waals surface area contributed by atoms with Gasteiger partial charge in [-0.3, -0.25) is 37.3 Å². The van der Waals surface area contributed by atoms with Gasteiger partial charge in [0.05, 0.1) is 26.4 Å². The summed E-state index contributed by atoms with van der Waals surface area (Å²) in [7, 11) is -9.90. The van der Waals surface area contributed by atoms with Crippen LogP contribution in [0.5, 0.6) is 0 Å². The van der Waals surface area contributed by atoms with Crippen molar-refractivity contribution in [2.24, 2.45) is 11.8 Å². The molecule has 0 aliphatic carbocycles. The fraction of sp³-hybridized carbons (Fsp3) is 0.946. The highest BCUT2D eigenvalue weighted by Crippen LogP contribution is 2.45. The lowest BCUT2D eigenvalue weighted by atomic mass is 9.99. The number of phosphoric acid groups is 2. The summed E-state index contributed by atoms with van der Waals surface area (Å²) in [6, 6.07) is 0. The zero-order chi connectivity index (χ0) is 68.6. The standard InChI is InChI=1S/C74H144O17P2/c1-7-10-12-14-16-38-44-50-56-71(76)84-62-69(90-73(78)58-52-46-39-17-15-13-11-8-2)64-88-92(80,81)86-60-68(75)61-87-93(82,83)89-65-70(63-85-72(77)57-51-45-40-34-30-27-26-28-32-36-42-48-54-66(4)5)91-74(79)59-53-47-41-35-31-25-23-21-19-18-20-22-24-29-33-37-43-49-55-67(6)9-3/h66-70,75H,7-65H2,1-6H3,(H,80,81)(H,82,83)/t67?,68-,69+,70+/m0/s1. The van der Waals surface area contributed by atoms with Gasteiger partial charge in [-0.25, -0.2) is 9.13 Å². The van der Waals surface area contributed by atoms with E-state index in [1.807, 2.05) is 0 Å². The van der Waals surface area contributed by atoms with E-state index in [0.29, 0.717) is 25.7 Å². The Labute approximate surface area is 568 Å². The lowest BCUT2D eigenvalue weighted by molar-refractivity contribution is -0.161. The number of carbonyl (C=O) groups excluding carboxylic acids is 4. The number of esters is 4. The minimum absolute atomic E-state index is 0.105. The second kappa shape index (κ2) is 66.0. The first-order valence-electron chi connectivity index (χ1n) is 38.5. The van der Waals surface area contributed by atoms with Crippen LogP contribution in [-0.4, -0.2) is 96.7 Å². The molecule has 3 unspecified atom stereocenters. The molecule has 0 aromatic rings. The third-order valence-electron chi connectivity index (χ3n) is 17.6. The first-order chi connectivity index (χ1) is 44.9. The molecular formula is C74H144O17P2. The van der Waals surface area contributed by atoms with E-state index in [1.165, 1.54) is 186 Å². The number of phosphoric ester groups is 2. The van der Waals surface area contributed by atoms with Gasteiger partial charge in [0.15, 0.2) is 12.2 Å². The summed E-state index contributed by atoms with van der Waals surface area (Å²) in [5.74, 6) is -0.472. The Morgan fingerprint density at radius 3 is 0.817 bits per heavy atom. The minimum atomic E-state index is -4.95. The number of hydrogen-bond donors (Lipinski definition) is 3. The van der Waals surface area contributed by atoms with Gasteiger partial charge >= 0.3 is 39.5 Å². The van der Waals surface area contributed by atoms with Gasteiger partial charge < -0.3 is 33.8 Å². The number of rotatable bonds is 73. The van der Waals surface area contributed by atoms with Gasteiger partial charge in [-0.1, -0.05) is 330 Å². The molecule has 19 heteroatoms. The summed E-state index contributed by atoms with van der Waals surface area (Å²) in [5.41, 5.74) is 0. The Balaban J connectivity index is 5.13. The van der Waals surface area contributed by atoms with Crippen LogP contribution in [0.3, 0.4) is 0 Å². The number of carbonyl (C=O) groups is 4. The van der Waals surface area contributed by atoms with Crippen molar-refractivity contribution in [2.75, 3.05) is 39.6 Å². The minimum Gasteiger partial charge on any atom is -0.462 e. The average Bonchev–Trinajstić information content (AvgIpc) is 1.87. The number of ether oxygens (including phenoxy) is 4. The smallest absolute Gasteiger partial charge is 0.462 e. The lowest BCUT2D eigenvalue weighted by Crippen LogP contribution is -2.30. The summed E-state index contributed by atoms with van der Waals surface area (Å²) in [6.45, 7) is 9.60. The van der Waals surface area contributed by atoms with E-state index < -0.39 is 97.5 Å². The fourth-order valence-electron chi connectivity index (χ4n) is 11.3. The van der Waals surface area contributed by atoms with Crippen molar-refractivity contribution < 1.29 is 80.2 Å². The summed E-state index contributed by atoms with van der Waals surface area (Å²) >= 11 is 0. The normalized spacial score (nSPS) is 14.3. The predicted molar refractivity (Wildman–Crippen MR) is 377 cm³/mol. The first kappa shape index (κ1) is 91.1. The SMILES string of the molecule is CCCCCCCCCCC(=O)OC[C@H](COP(=O)(O)OC[C@H](O)COP(=O)(O)OC[C@@H](COC(=O)CCCCCCCCCCCCCCC(C)C)OC(=O)CCCCCCCCCCCCCCCCCCCCC(C)CC)OC(=O)CCCCCCCCCC. The van der Waals surface area contributed by atoms with E-state index in [2.05, 4.69) is 41.5 Å². The highest BCUT2D eigenvalue weighted by molar-refractivity contribution is 7.47. The molecule has 0 heterocycles. The van der Waals surface area contributed by atoms with Crippen LogP contribution >= 0.6 is 15.6 Å². The molecule has 0 bridgehead atoms. The van der Waals surface area contributed by atoms with Crippen LogP contribution in [0.25, 0.3) is 0 Å². The molecule has 0 spiro atoms. The number of aliphatic hydroxyl groups excluding tert-OH is 1. The van der Waals surface area contributed by atoms with Gasteiger partial charge in [0.25, 0.3) is 0 Å². The van der Waals surface area contributed by atoms with Gasteiger partial charge in [-0.05, 0) is 37.5 Å². The van der Waals surface area contributed by atoms with Crippen molar-refractivity contribution >= 4 is 39.5 Å². The van der Waals surface area contributed by atoms with Crippen molar-refractivity contribution in [1.82, 2.24) is 0 Å². The van der Waals surface area contributed by atoms with Crippen molar-refractivity contribution in [3.63, 3.8) is 0 Å². The molecule has 3 N–H and O–H groups in total. The maximum atomic E-state index is 13.1. The molecule has 0 aliphatic rings. The van der Waals surface area contributed by atoms with E-state index in [9.17, 15) is 43.2 Å². The Hall–Kier alpha value is -1.94. The van der Waals surface area contributed by atoms with Crippen LogP contribution in [0.4, 0.5) is 0 Å². The largest absolute Gasteiger partial charge is 0.472 e. The molecular weight excluding hydrogens is 1220 g/mol. The van der Waals surface area contributed by atoms with Crippen molar-refractivity contribution in [1.29, 1.82) is 0 Å². The first-order valence-corrected chi connectivity index (χ1v) is 41.5. The molecule has 0 amide bonds. The molecule has 0 aromatic carbocycles. The molecule has 0 fully saturated rings. The maximum Gasteiger partial charge on any atom is 0.472 e. The van der Waals surface area contributed by atoms with Gasteiger partial charge in [0.1, 0.15) is 19.3 Å². The Bertz CT molecular complexity index is 1810. The number of aliphatic hydroxyl groups is 1. The number of unbranched alkanes of at least 4 members (excludes halogenated alkanes) is 42. The highest BCUT2D eigenvalue weighted by Gasteiger charge is 2.30. The Morgan fingerprint density at radius 1 is 0.312 bits per heavy atom. The molecule has 0 aromatic heterocycles. The molecule has 0 radical (unpaired) electrons. The van der Waals surface area contributed by atoms with E-state index in [1.54, 1.807) is 0 Å². The van der Waals surface area contributed by atoms with E-state index >= 15 is 0 Å². The Morgan fingerprint density at radius 2 is 0.548 bits per heavy atom. The Kier molecular flexibility index (Phi) is 64.6. The van der Waals surface area contributed by atoms with Crippen LogP contribution in [0, 0.1) is 11.8 Å². The van der Waals surface area contributed by atoms with Gasteiger partial charge in [-0.2, -0.15) is 0 Å². The summed E-state index contributed by atoms with van der Waals surface area (Å²) in [6.07, 6.45) is 52.9. The van der Waals surface area contributed by atoms with Crippen LogP contribution < -0.4 is 0 Å². The topological polar surface area (TPSA) is 237 Å². The van der Waals surface area contributed by atoms with E-state index in [0.717, 1.165) is 115 Å². The maximum absolute atomic E-state index is 13.1. The van der Waals surface area contributed by atoms with Crippen LogP contribution in [0.15, 0.2) is 0 Å². The molecule has 0 saturated carbocycles. The van der Waals surface area contributed by atoms with Crippen LogP contribution in [0.2, 0.25) is 0 Å². The number of hydrogen-bond acceptors (Lipinski definition) is 15. The summed E-state index contributed by atoms with van der Waals surface area (Å²) < 4.78 is 68.2. The molecule has 17 nitrogen and oxygen atoms in total. The molecule has 552 valence electrons. The second-order valence-corrected chi connectivity index (χ2v) is 30.3. The molecule has 0 aliphatic heterocycles. The molecule has 6 atom stereocenters. The van der Waals surface area contributed by atoms with Gasteiger partial charge in [0.2, 0.25) is 0 Å². The highest BCUT2D eigenvalue weighted by atomic mass is 31.2. The summed E-state index contributed by atoms with van der Waals surface area (Å²) in [4.78, 5) is 72.5. The summed E-state index contributed by atoms with van der Waals surface area (Å²) in [5, 5.41) is 10.6. The van der Waals surface area contributed by atoms with Crippen molar-refractivity contribution in [3.8, 4) is 0 Å². The molecule has 0 rings (SSSR count). The lowest BCUT2D eigenvalue weighted by Gasteiger charge is -2.21. The quantitative estimate of drug-likeness (QED) is 0.0222. The monoisotopic (exact) mass is 1370 g/mol. The zero-order valence-electron chi connectivity index (χ0n) is 60.6. The second-order valence-electron chi connectivity index (χ2n) is 27.4.